The van der Waals surface area contributed by atoms with E-state index in [1.54, 1.807) is 0 Å². The zero-order valence-corrected chi connectivity index (χ0v) is 12.1. The van der Waals surface area contributed by atoms with E-state index in [1.807, 2.05) is 13.8 Å². The highest BCUT2D eigenvalue weighted by Gasteiger charge is 2.17. The second-order valence-electron chi connectivity index (χ2n) is 5.78. The number of hydrogen-bond donors (Lipinski definition) is 1. The first-order valence-electron chi connectivity index (χ1n) is 7.45. The number of unbranched alkanes of at least 4 members (excludes halogenated alkanes) is 9. The van der Waals surface area contributed by atoms with Crippen LogP contribution in [-0.2, 0) is 4.89 Å². The van der Waals surface area contributed by atoms with E-state index < -0.39 is 0 Å². The SMILES string of the molecule is CCCCCCCCCCCCC(C)(C)OO. The van der Waals surface area contributed by atoms with Crippen molar-refractivity contribution in [2.75, 3.05) is 0 Å². The highest BCUT2D eigenvalue weighted by Crippen LogP contribution is 2.18. The molecule has 0 unspecified atom stereocenters. The van der Waals surface area contributed by atoms with Gasteiger partial charge in [-0.15, -0.1) is 0 Å². The summed E-state index contributed by atoms with van der Waals surface area (Å²) >= 11 is 0. The first kappa shape index (κ1) is 16.9. The summed E-state index contributed by atoms with van der Waals surface area (Å²) < 4.78 is 0. The summed E-state index contributed by atoms with van der Waals surface area (Å²) in [5.41, 5.74) is -0.361. The molecular formula is C15H32O2. The second-order valence-corrected chi connectivity index (χ2v) is 5.78. The Kier molecular flexibility index (Phi) is 11.0. The fourth-order valence-electron chi connectivity index (χ4n) is 2.08. The summed E-state index contributed by atoms with van der Waals surface area (Å²) in [6.07, 6.45) is 14.4. The number of rotatable bonds is 12. The van der Waals surface area contributed by atoms with Crippen LogP contribution in [0.4, 0.5) is 0 Å². The third-order valence-electron chi connectivity index (χ3n) is 3.38. The zero-order chi connectivity index (χ0) is 13.0. The van der Waals surface area contributed by atoms with Crippen LogP contribution in [0.2, 0.25) is 0 Å². The molecule has 0 spiro atoms. The van der Waals surface area contributed by atoms with Crippen LogP contribution in [0.25, 0.3) is 0 Å². The molecule has 1 N–H and O–H groups in total. The van der Waals surface area contributed by atoms with E-state index in [0.29, 0.717) is 0 Å². The van der Waals surface area contributed by atoms with E-state index >= 15 is 0 Å². The molecule has 0 amide bonds. The minimum Gasteiger partial charge on any atom is -0.251 e. The predicted octanol–water partition coefficient (Wildman–Crippen LogP) is 5.57. The highest BCUT2D eigenvalue weighted by atomic mass is 17.1. The molecule has 0 radical (unpaired) electrons. The van der Waals surface area contributed by atoms with Gasteiger partial charge in [0.15, 0.2) is 0 Å². The molecular weight excluding hydrogens is 212 g/mol. The molecule has 0 fully saturated rings. The summed E-state index contributed by atoms with van der Waals surface area (Å²) in [6.45, 7) is 6.12. The molecule has 0 aliphatic rings. The van der Waals surface area contributed by atoms with Crippen molar-refractivity contribution in [2.45, 2.75) is 97.0 Å². The summed E-state index contributed by atoms with van der Waals surface area (Å²) in [6, 6.07) is 0. The quantitative estimate of drug-likeness (QED) is 0.276. The van der Waals surface area contributed by atoms with E-state index in [4.69, 9.17) is 5.26 Å². The van der Waals surface area contributed by atoms with Gasteiger partial charge in [-0.25, -0.2) is 4.89 Å². The molecule has 2 heteroatoms. The van der Waals surface area contributed by atoms with Gasteiger partial charge < -0.3 is 0 Å². The van der Waals surface area contributed by atoms with Gasteiger partial charge in [0.2, 0.25) is 0 Å². The molecule has 2 nitrogen and oxygen atoms in total. The van der Waals surface area contributed by atoms with Gasteiger partial charge in [-0.2, -0.15) is 0 Å². The van der Waals surface area contributed by atoms with Gasteiger partial charge in [-0.1, -0.05) is 71.1 Å². The van der Waals surface area contributed by atoms with Crippen molar-refractivity contribution < 1.29 is 10.1 Å². The Bertz CT molecular complexity index is 155. The average molecular weight is 244 g/mol. The van der Waals surface area contributed by atoms with Crippen molar-refractivity contribution >= 4 is 0 Å². The van der Waals surface area contributed by atoms with Crippen LogP contribution in [0.3, 0.4) is 0 Å². The molecule has 0 aliphatic heterocycles. The maximum absolute atomic E-state index is 8.64. The third kappa shape index (κ3) is 12.2. The van der Waals surface area contributed by atoms with Crippen LogP contribution < -0.4 is 0 Å². The summed E-state index contributed by atoms with van der Waals surface area (Å²) in [5, 5.41) is 8.64. The van der Waals surface area contributed by atoms with Crippen LogP contribution in [0.15, 0.2) is 0 Å². The van der Waals surface area contributed by atoms with Gasteiger partial charge in [0, 0.05) is 0 Å². The Balaban J connectivity index is 3.09. The molecule has 0 aromatic rings. The van der Waals surface area contributed by atoms with Gasteiger partial charge >= 0.3 is 0 Å². The lowest BCUT2D eigenvalue weighted by atomic mass is 9.99. The van der Waals surface area contributed by atoms with Crippen molar-refractivity contribution in [1.82, 2.24) is 0 Å². The average Bonchev–Trinajstić information content (AvgIpc) is 2.31. The Morgan fingerprint density at radius 3 is 1.59 bits per heavy atom. The van der Waals surface area contributed by atoms with Crippen molar-refractivity contribution in [3.63, 3.8) is 0 Å². The predicted molar refractivity (Wildman–Crippen MR) is 74.3 cm³/mol. The lowest BCUT2D eigenvalue weighted by molar-refractivity contribution is -0.314. The summed E-state index contributed by atoms with van der Waals surface area (Å²) in [5.74, 6) is 0. The smallest absolute Gasteiger partial charge is 0.0977 e. The van der Waals surface area contributed by atoms with Crippen LogP contribution in [0.5, 0.6) is 0 Å². The molecule has 0 aromatic heterocycles. The zero-order valence-electron chi connectivity index (χ0n) is 12.1. The van der Waals surface area contributed by atoms with Gasteiger partial charge in [0.1, 0.15) is 0 Å². The van der Waals surface area contributed by atoms with E-state index in [1.165, 1.54) is 57.8 Å². The Labute approximate surface area is 108 Å². The normalized spacial score (nSPS) is 12.0. The second kappa shape index (κ2) is 11.0. The Hall–Kier alpha value is -0.0800. The molecule has 0 aliphatic carbocycles. The van der Waals surface area contributed by atoms with Gasteiger partial charge in [-0.05, 0) is 20.3 Å². The molecule has 0 heterocycles. The summed E-state index contributed by atoms with van der Waals surface area (Å²) in [4.78, 5) is 4.42. The lowest BCUT2D eigenvalue weighted by Crippen LogP contribution is -2.22. The Morgan fingerprint density at radius 2 is 1.18 bits per heavy atom. The summed E-state index contributed by atoms with van der Waals surface area (Å²) in [7, 11) is 0. The molecule has 0 saturated carbocycles. The minimum absolute atomic E-state index is 0.361. The van der Waals surface area contributed by atoms with Gasteiger partial charge in [0.25, 0.3) is 0 Å². The molecule has 0 bridgehead atoms. The molecule has 0 saturated heterocycles. The molecule has 0 aromatic carbocycles. The van der Waals surface area contributed by atoms with Crippen LogP contribution in [0.1, 0.15) is 91.4 Å². The maximum Gasteiger partial charge on any atom is 0.0977 e. The van der Waals surface area contributed by atoms with E-state index in [-0.39, 0.29) is 5.60 Å². The molecule has 17 heavy (non-hydrogen) atoms. The van der Waals surface area contributed by atoms with Crippen LogP contribution in [-0.4, -0.2) is 10.9 Å². The van der Waals surface area contributed by atoms with Gasteiger partial charge in [-0.3, -0.25) is 5.26 Å². The van der Waals surface area contributed by atoms with Crippen molar-refractivity contribution in [3.05, 3.63) is 0 Å². The largest absolute Gasteiger partial charge is 0.251 e. The fraction of sp³-hybridized carbons (Fsp3) is 1.00. The van der Waals surface area contributed by atoms with Gasteiger partial charge in [0.05, 0.1) is 5.60 Å². The standard InChI is InChI=1S/C15H32O2/c1-4-5-6-7-8-9-10-11-12-13-14-15(2,3)17-16/h16H,4-14H2,1-3H3. The topological polar surface area (TPSA) is 29.5 Å². The van der Waals surface area contributed by atoms with Crippen molar-refractivity contribution in [3.8, 4) is 0 Å². The lowest BCUT2D eigenvalue weighted by Gasteiger charge is -2.19. The molecule has 0 rings (SSSR count). The third-order valence-corrected chi connectivity index (χ3v) is 3.38. The molecule has 104 valence electrons. The van der Waals surface area contributed by atoms with E-state index in [9.17, 15) is 0 Å². The molecule has 0 atom stereocenters. The van der Waals surface area contributed by atoms with E-state index in [2.05, 4.69) is 11.8 Å². The first-order valence-corrected chi connectivity index (χ1v) is 7.45. The van der Waals surface area contributed by atoms with Crippen LogP contribution in [0, 0.1) is 0 Å². The van der Waals surface area contributed by atoms with Crippen molar-refractivity contribution in [2.24, 2.45) is 0 Å². The van der Waals surface area contributed by atoms with E-state index in [0.717, 1.165) is 12.8 Å². The maximum atomic E-state index is 8.64. The van der Waals surface area contributed by atoms with Crippen molar-refractivity contribution in [1.29, 1.82) is 0 Å². The van der Waals surface area contributed by atoms with Crippen LogP contribution >= 0.6 is 0 Å². The first-order chi connectivity index (χ1) is 8.12. The number of hydrogen-bond acceptors (Lipinski definition) is 2. The Morgan fingerprint density at radius 1 is 0.765 bits per heavy atom. The minimum atomic E-state index is -0.361. The monoisotopic (exact) mass is 244 g/mol. The highest BCUT2D eigenvalue weighted by molar-refractivity contribution is 4.65. The fourth-order valence-corrected chi connectivity index (χ4v) is 2.08.